The molecule has 0 rings (SSSR count). The molecule has 0 aromatic heterocycles. The van der Waals surface area contributed by atoms with Crippen molar-refractivity contribution in [3.8, 4) is 0 Å². The van der Waals surface area contributed by atoms with Gasteiger partial charge in [0.15, 0.2) is 0 Å². The SMILES string of the molecule is C=C(C)C(C(C)C)N(C)C(=C)C(C)CCCCNC. The third-order valence-corrected chi connectivity index (χ3v) is 3.89. The van der Waals surface area contributed by atoms with Crippen LogP contribution in [-0.2, 0) is 0 Å². The number of allylic oxidation sites excluding steroid dienone is 1. The summed E-state index contributed by atoms with van der Waals surface area (Å²) in [6.45, 7) is 18.5. The normalized spacial score (nSPS) is 14.3. The van der Waals surface area contributed by atoms with Crippen LogP contribution in [0.2, 0.25) is 0 Å². The van der Waals surface area contributed by atoms with Gasteiger partial charge in [0.2, 0.25) is 0 Å². The molecular weight excluding hydrogens is 232 g/mol. The molecule has 2 nitrogen and oxygen atoms in total. The largest absolute Gasteiger partial charge is 0.371 e. The van der Waals surface area contributed by atoms with Crippen molar-refractivity contribution < 1.29 is 0 Å². The number of nitrogens with zero attached hydrogens (tertiary/aromatic N) is 1. The number of rotatable bonds is 10. The van der Waals surface area contributed by atoms with E-state index in [4.69, 9.17) is 0 Å². The minimum Gasteiger partial charge on any atom is -0.371 e. The first kappa shape index (κ1) is 18.2. The van der Waals surface area contributed by atoms with Gasteiger partial charge in [-0.1, -0.05) is 45.9 Å². The van der Waals surface area contributed by atoms with Gasteiger partial charge in [-0.05, 0) is 45.2 Å². The van der Waals surface area contributed by atoms with Crippen molar-refractivity contribution >= 4 is 0 Å². The molecule has 0 aromatic rings. The molecule has 0 heterocycles. The van der Waals surface area contributed by atoms with Crippen molar-refractivity contribution in [2.24, 2.45) is 11.8 Å². The van der Waals surface area contributed by atoms with Crippen LogP contribution in [0, 0.1) is 11.8 Å². The predicted molar refractivity (Wildman–Crippen MR) is 87.3 cm³/mol. The Morgan fingerprint density at radius 1 is 1.16 bits per heavy atom. The smallest absolute Gasteiger partial charge is 0.0513 e. The molecule has 0 aliphatic carbocycles. The lowest BCUT2D eigenvalue weighted by atomic mass is 9.93. The first-order chi connectivity index (χ1) is 8.82. The zero-order chi connectivity index (χ0) is 15.0. The molecule has 0 amide bonds. The van der Waals surface area contributed by atoms with Crippen molar-refractivity contribution in [2.75, 3.05) is 20.6 Å². The topological polar surface area (TPSA) is 15.3 Å². The fraction of sp³-hybridized carbons (Fsp3) is 0.765. The zero-order valence-electron chi connectivity index (χ0n) is 13.9. The Bertz CT molecular complexity index is 281. The molecule has 0 fully saturated rings. The molecule has 2 heteroatoms. The average Bonchev–Trinajstić information content (AvgIpc) is 2.32. The van der Waals surface area contributed by atoms with E-state index < -0.39 is 0 Å². The third-order valence-electron chi connectivity index (χ3n) is 3.89. The number of hydrogen-bond acceptors (Lipinski definition) is 2. The van der Waals surface area contributed by atoms with Crippen LogP contribution in [0.4, 0.5) is 0 Å². The lowest BCUT2D eigenvalue weighted by Gasteiger charge is -2.37. The van der Waals surface area contributed by atoms with Crippen LogP contribution >= 0.6 is 0 Å². The van der Waals surface area contributed by atoms with Gasteiger partial charge >= 0.3 is 0 Å². The van der Waals surface area contributed by atoms with Gasteiger partial charge in [-0.25, -0.2) is 0 Å². The molecule has 0 aliphatic rings. The Labute approximate surface area is 121 Å². The highest BCUT2D eigenvalue weighted by molar-refractivity contribution is 5.10. The summed E-state index contributed by atoms with van der Waals surface area (Å²) in [5.41, 5.74) is 2.46. The van der Waals surface area contributed by atoms with Crippen molar-refractivity contribution in [3.63, 3.8) is 0 Å². The molecule has 0 radical (unpaired) electrons. The maximum atomic E-state index is 4.31. The lowest BCUT2D eigenvalue weighted by Crippen LogP contribution is -2.37. The van der Waals surface area contributed by atoms with Crippen LogP contribution < -0.4 is 5.32 Å². The Kier molecular flexibility index (Phi) is 8.82. The van der Waals surface area contributed by atoms with E-state index in [0.29, 0.717) is 17.9 Å². The summed E-state index contributed by atoms with van der Waals surface area (Å²) in [4.78, 5) is 2.33. The van der Waals surface area contributed by atoms with E-state index in [1.54, 1.807) is 0 Å². The third kappa shape index (κ3) is 6.29. The summed E-state index contributed by atoms with van der Waals surface area (Å²) in [7, 11) is 4.17. The minimum atomic E-state index is 0.396. The lowest BCUT2D eigenvalue weighted by molar-refractivity contribution is 0.248. The van der Waals surface area contributed by atoms with Crippen LogP contribution in [0.3, 0.4) is 0 Å². The highest BCUT2D eigenvalue weighted by atomic mass is 15.1. The zero-order valence-corrected chi connectivity index (χ0v) is 13.9. The van der Waals surface area contributed by atoms with Gasteiger partial charge < -0.3 is 10.2 Å². The number of unbranched alkanes of at least 4 members (excludes halogenated alkanes) is 1. The monoisotopic (exact) mass is 266 g/mol. The fourth-order valence-corrected chi connectivity index (χ4v) is 2.79. The minimum absolute atomic E-state index is 0.396. The molecule has 0 saturated carbocycles. The summed E-state index contributed by atoms with van der Waals surface area (Å²) >= 11 is 0. The quantitative estimate of drug-likeness (QED) is 0.474. The summed E-state index contributed by atoms with van der Waals surface area (Å²) in [6.07, 6.45) is 3.71. The molecule has 19 heavy (non-hydrogen) atoms. The standard InChI is InChI=1S/C17H34N2/c1-13(2)17(14(3)4)19(8)16(6)15(5)11-9-10-12-18-7/h14-15,17-18H,1,6,9-12H2,2-5,7-8H3. The molecule has 1 N–H and O–H groups in total. The number of likely N-dealkylation sites (N-methyl/N-ethyl adjacent to an activating group) is 1. The first-order valence-electron chi connectivity index (χ1n) is 7.54. The van der Waals surface area contributed by atoms with Crippen molar-refractivity contribution in [2.45, 2.75) is 53.0 Å². The molecular formula is C17H34N2. The van der Waals surface area contributed by atoms with Crippen LogP contribution in [0.25, 0.3) is 0 Å². The Morgan fingerprint density at radius 3 is 2.16 bits per heavy atom. The molecule has 112 valence electrons. The van der Waals surface area contributed by atoms with Gasteiger partial charge in [-0.3, -0.25) is 0 Å². The molecule has 0 aromatic carbocycles. The van der Waals surface area contributed by atoms with E-state index in [1.165, 1.54) is 30.5 Å². The predicted octanol–water partition coefficient (Wildman–Crippen LogP) is 4.06. The van der Waals surface area contributed by atoms with Crippen LogP contribution in [0.1, 0.15) is 47.0 Å². The highest BCUT2D eigenvalue weighted by Crippen LogP contribution is 2.25. The molecule has 0 saturated heterocycles. The van der Waals surface area contributed by atoms with Gasteiger partial charge in [0.1, 0.15) is 0 Å². The Morgan fingerprint density at radius 2 is 1.74 bits per heavy atom. The van der Waals surface area contributed by atoms with Crippen molar-refractivity contribution in [1.82, 2.24) is 10.2 Å². The van der Waals surface area contributed by atoms with Gasteiger partial charge in [-0.2, -0.15) is 0 Å². The summed E-state index contributed by atoms with van der Waals surface area (Å²) in [6, 6.07) is 0.396. The molecule has 2 unspecified atom stereocenters. The highest BCUT2D eigenvalue weighted by Gasteiger charge is 2.22. The Balaban J connectivity index is 4.40. The van der Waals surface area contributed by atoms with E-state index in [0.717, 1.165) is 6.54 Å². The summed E-state index contributed by atoms with van der Waals surface area (Å²) in [5, 5.41) is 3.20. The molecule has 2 atom stereocenters. The van der Waals surface area contributed by atoms with E-state index >= 15 is 0 Å². The average molecular weight is 266 g/mol. The van der Waals surface area contributed by atoms with E-state index in [-0.39, 0.29) is 0 Å². The molecule has 0 spiro atoms. The van der Waals surface area contributed by atoms with Crippen LogP contribution in [0.15, 0.2) is 24.4 Å². The second-order valence-corrected chi connectivity index (χ2v) is 6.14. The van der Waals surface area contributed by atoms with E-state index in [9.17, 15) is 0 Å². The summed E-state index contributed by atoms with van der Waals surface area (Å²) in [5.74, 6) is 1.11. The first-order valence-corrected chi connectivity index (χ1v) is 7.54. The van der Waals surface area contributed by atoms with E-state index in [1.807, 2.05) is 7.05 Å². The number of hydrogen-bond donors (Lipinski definition) is 1. The summed E-state index contributed by atoms with van der Waals surface area (Å²) < 4.78 is 0. The number of nitrogens with one attached hydrogen (secondary N) is 1. The second kappa shape index (κ2) is 9.19. The van der Waals surface area contributed by atoms with Crippen molar-refractivity contribution in [1.29, 1.82) is 0 Å². The van der Waals surface area contributed by atoms with Gasteiger partial charge in [0.25, 0.3) is 0 Å². The van der Waals surface area contributed by atoms with Gasteiger partial charge in [-0.15, -0.1) is 0 Å². The fourth-order valence-electron chi connectivity index (χ4n) is 2.79. The maximum Gasteiger partial charge on any atom is 0.0513 e. The molecule has 0 aliphatic heterocycles. The Hall–Kier alpha value is -0.760. The second-order valence-electron chi connectivity index (χ2n) is 6.14. The van der Waals surface area contributed by atoms with Crippen molar-refractivity contribution in [3.05, 3.63) is 24.4 Å². The van der Waals surface area contributed by atoms with Gasteiger partial charge in [0, 0.05) is 12.7 Å². The van der Waals surface area contributed by atoms with Crippen LogP contribution in [0.5, 0.6) is 0 Å². The molecule has 0 bridgehead atoms. The van der Waals surface area contributed by atoms with Crippen LogP contribution in [-0.4, -0.2) is 31.6 Å². The van der Waals surface area contributed by atoms with Gasteiger partial charge in [0.05, 0.1) is 6.04 Å². The maximum absolute atomic E-state index is 4.31. The van der Waals surface area contributed by atoms with E-state index in [2.05, 4.69) is 58.1 Å².